The normalized spacial score (nSPS) is 10.5. The van der Waals surface area contributed by atoms with Crippen LogP contribution in [0.4, 0.5) is 15.8 Å². The number of hydrogen-bond acceptors (Lipinski definition) is 4. The standard InChI is InChI=1S/C12H14FN3O/c1-2-9-6-16-12(17-9)7-15-11-4-3-8(13)5-10(11)14/h3-6,15H,2,7,14H2,1H3. The minimum absolute atomic E-state index is 0.350. The maximum absolute atomic E-state index is 12.8. The summed E-state index contributed by atoms with van der Waals surface area (Å²) in [4.78, 5) is 4.11. The second-order valence-electron chi connectivity index (χ2n) is 3.66. The number of nitrogens with zero attached hydrogens (tertiary/aromatic N) is 1. The molecule has 2 aromatic rings. The highest BCUT2D eigenvalue weighted by atomic mass is 19.1. The lowest BCUT2D eigenvalue weighted by molar-refractivity contribution is 0.466. The van der Waals surface area contributed by atoms with Gasteiger partial charge < -0.3 is 15.5 Å². The Morgan fingerprint density at radius 1 is 1.47 bits per heavy atom. The van der Waals surface area contributed by atoms with Crippen LogP contribution in [0.15, 0.2) is 28.8 Å². The third kappa shape index (κ3) is 2.75. The maximum atomic E-state index is 12.8. The van der Waals surface area contributed by atoms with Gasteiger partial charge in [0.25, 0.3) is 0 Å². The Morgan fingerprint density at radius 3 is 2.94 bits per heavy atom. The molecule has 1 aromatic heterocycles. The summed E-state index contributed by atoms with van der Waals surface area (Å²) in [6.45, 7) is 2.42. The van der Waals surface area contributed by atoms with Crippen LogP contribution >= 0.6 is 0 Å². The third-order valence-corrected chi connectivity index (χ3v) is 2.39. The average molecular weight is 235 g/mol. The summed E-state index contributed by atoms with van der Waals surface area (Å²) in [5.74, 6) is 1.08. The highest BCUT2D eigenvalue weighted by Crippen LogP contribution is 2.19. The van der Waals surface area contributed by atoms with Crippen molar-refractivity contribution in [1.82, 2.24) is 4.98 Å². The monoisotopic (exact) mass is 235 g/mol. The maximum Gasteiger partial charge on any atom is 0.213 e. The Balaban J connectivity index is 2.02. The van der Waals surface area contributed by atoms with Crippen molar-refractivity contribution in [3.8, 4) is 0 Å². The molecule has 1 aromatic carbocycles. The molecule has 0 aliphatic heterocycles. The van der Waals surface area contributed by atoms with E-state index in [1.54, 1.807) is 12.3 Å². The molecule has 2 rings (SSSR count). The van der Waals surface area contributed by atoms with E-state index >= 15 is 0 Å². The van der Waals surface area contributed by atoms with Crippen molar-refractivity contribution in [2.75, 3.05) is 11.1 Å². The number of anilines is 2. The first-order chi connectivity index (χ1) is 8.19. The van der Waals surface area contributed by atoms with Crippen LogP contribution in [0.2, 0.25) is 0 Å². The lowest BCUT2D eigenvalue weighted by Crippen LogP contribution is -2.02. The molecular weight excluding hydrogens is 221 g/mol. The summed E-state index contributed by atoms with van der Waals surface area (Å²) in [5.41, 5.74) is 6.70. The van der Waals surface area contributed by atoms with Gasteiger partial charge in [0.1, 0.15) is 11.6 Å². The van der Waals surface area contributed by atoms with Gasteiger partial charge in [0, 0.05) is 6.42 Å². The van der Waals surface area contributed by atoms with Crippen LogP contribution < -0.4 is 11.1 Å². The minimum atomic E-state index is -0.350. The molecule has 0 spiro atoms. The Bertz CT molecular complexity index is 510. The number of rotatable bonds is 4. The van der Waals surface area contributed by atoms with Crippen molar-refractivity contribution in [2.45, 2.75) is 19.9 Å². The fraction of sp³-hybridized carbons (Fsp3) is 0.250. The zero-order valence-corrected chi connectivity index (χ0v) is 9.53. The number of hydrogen-bond donors (Lipinski definition) is 2. The number of aromatic nitrogens is 1. The molecule has 0 fully saturated rings. The zero-order valence-electron chi connectivity index (χ0n) is 9.53. The van der Waals surface area contributed by atoms with E-state index in [1.165, 1.54) is 12.1 Å². The van der Waals surface area contributed by atoms with E-state index in [1.807, 2.05) is 6.92 Å². The van der Waals surface area contributed by atoms with E-state index in [-0.39, 0.29) is 5.82 Å². The van der Waals surface area contributed by atoms with Crippen molar-refractivity contribution >= 4 is 11.4 Å². The number of benzene rings is 1. The van der Waals surface area contributed by atoms with E-state index in [2.05, 4.69) is 10.3 Å². The van der Waals surface area contributed by atoms with Crippen LogP contribution in [0, 0.1) is 5.82 Å². The summed E-state index contributed by atoms with van der Waals surface area (Å²) >= 11 is 0. The Kier molecular flexibility index (Phi) is 3.27. The van der Waals surface area contributed by atoms with Gasteiger partial charge in [-0.15, -0.1) is 0 Å². The molecule has 4 nitrogen and oxygen atoms in total. The molecule has 0 saturated heterocycles. The van der Waals surface area contributed by atoms with Crippen LogP contribution in [0.25, 0.3) is 0 Å². The number of aryl methyl sites for hydroxylation is 1. The fourth-order valence-electron chi connectivity index (χ4n) is 1.46. The van der Waals surface area contributed by atoms with Crippen LogP contribution in [0.1, 0.15) is 18.6 Å². The lowest BCUT2D eigenvalue weighted by Gasteiger charge is -2.06. The van der Waals surface area contributed by atoms with Gasteiger partial charge in [-0.3, -0.25) is 0 Å². The average Bonchev–Trinajstić information content (AvgIpc) is 2.76. The number of oxazole rings is 1. The van der Waals surface area contributed by atoms with Crippen molar-refractivity contribution in [3.05, 3.63) is 41.9 Å². The predicted octanol–water partition coefficient (Wildman–Crippen LogP) is 2.57. The molecule has 17 heavy (non-hydrogen) atoms. The van der Waals surface area contributed by atoms with Gasteiger partial charge in [-0.05, 0) is 18.2 Å². The summed E-state index contributed by atoms with van der Waals surface area (Å²) in [6.07, 6.45) is 2.51. The first-order valence-electron chi connectivity index (χ1n) is 5.41. The third-order valence-electron chi connectivity index (χ3n) is 2.39. The molecule has 0 bridgehead atoms. The van der Waals surface area contributed by atoms with E-state index in [0.717, 1.165) is 12.2 Å². The van der Waals surface area contributed by atoms with E-state index < -0.39 is 0 Å². The summed E-state index contributed by atoms with van der Waals surface area (Å²) in [5, 5.41) is 3.05. The van der Waals surface area contributed by atoms with Gasteiger partial charge in [-0.2, -0.15) is 0 Å². The zero-order chi connectivity index (χ0) is 12.3. The number of halogens is 1. The largest absolute Gasteiger partial charge is 0.444 e. The highest BCUT2D eigenvalue weighted by molar-refractivity contribution is 5.65. The van der Waals surface area contributed by atoms with Crippen LogP contribution in [0.5, 0.6) is 0 Å². The van der Waals surface area contributed by atoms with Crippen LogP contribution in [-0.2, 0) is 13.0 Å². The number of nitrogens with one attached hydrogen (secondary N) is 1. The number of nitrogen functional groups attached to an aromatic ring is 1. The Hall–Kier alpha value is -2.04. The predicted molar refractivity (Wildman–Crippen MR) is 64.0 cm³/mol. The molecule has 90 valence electrons. The van der Waals surface area contributed by atoms with Gasteiger partial charge in [-0.25, -0.2) is 9.37 Å². The van der Waals surface area contributed by atoms with Gasteiger partial charge in [0.2, 0.25) is 5.89 Å². The van der Waals surface area contributed by atoms with E-state index in [0.29, 0.717) is 23.8 Å². The second-order valence-corrected chi connectivity index (χ2v) is 3.66. The Labute approximate surface area is 98.7 Å². The van der Waals surface area contributed by atoms with Gasteiger partial charge in [0.15, 0.2) is 0 Å². The van der Waals surface area contributed by atoms with Crippen molar-refractivity contribution in [1.29, 1.82) is 0 Å². The molecular formula is C12H14FN3O. The van der Waals surface area contributed by atoms with Crippen molar-refractivity contribution in [2.24, 2.45) is 0 Å². The molecule has 0 atom stereocenters. The second kappa shape index (κ2) is 4.86. The minimum Gasteiger partial charge on any atom is -0.444 e. The smallest absolute Gasteiger partial charge is 0.213 e. The molecule has 0 aliphatic carbocycles. The molecule has 0 unspecified atom stereocenters. The van der Waals surface area contributed by atoms with E-state index in [9.17, 15) is 4.39 Å². The summed E-state index contributed by atoms with van der Waals surface area (Å²) < 4.78 is 18.3. The van der Waals surface area contributed by atoms with Crippen LogP contribution in [-0.4, -0.2) is 4.98 Å². The fourth-order valence-corrected chi connectivity index (χ4v) is 1.46. The topological polar surface area (TPSA) is 64.1 Å². The van der Waals surface area contributed by atoms with Gasteiger partial charge >= 0.3 is 0 Å². The highest BCUT2D eigenvalue weighted by Gasteiger charge is 2.04. The summed E-state index contributed by atoms with van der Waals surface area (Å²) in [7, 11) is 0. The van der Waals surface area contributed by atoms with Gasteiger partial charge in [0.05, 0.1) is 24.1 Å². The lowest BCUT2D eigenvalue weighted by atomic mass is 10.2. The van der Waals surface area contributed by atoms with Crippen LogP contribution in [0.3, 0.4) is 0 Å². The molecule has 1 heterocycles. The quantitative estimate of drug-likeness (QED) is 0.799. The molecule has 0 radical (unpaired) electrons. The molecule has 3 N–H and O–H groups in total. The van der Waals surface area contributed by atoms with Gasteiger partial charge in [-0.1, -0.05) is 6.92 Å². The van der Waals surface area contributed by atoms with Crippen molar-refractivity contribution < 1.29 is 8.81 Å². The Morgan fingerprint density at radius 2 is 2.29 bits per heavy atom. The molecule has 0 amide bonds. The van der Waals surface area contributed by atoms with Crippen molar-refractivity contribution in [3.63, 3.8) is 0 Å². The summed E-state index contributed by atoms with van der Waals surface area (Å²) in [6, 6.07) is 4.22. The molecule has 5 heteroatoms. The first-order valence-corrected chi connectivity index (χ1v) is 5.41. The first kappa shape index (κ1) is 11.4. The molecule has 0 aliphatic rings. The SMILES string of the molecule is CCc1cnc(CNc2ccc(F)cc2N)o1. The number of nitrogens with two attached hydrogens (primary N) is 1. The molecule has 0 saturated carbocycles. The van der Waals surface area contributed by atoms with E-state index in [4.69, 9.17) is 10.2 Å².